The van der Waals surface area contributed by atoms with Crippen molar-refractivity contribution in [1.29, 1.82) is 0 Å². The SMILES string of the molecule is COc1ccc(-c2nc(-c3cc(C(=O)NCC(C)C)c(C)n3CC3CCCCC3)cs2)cc1. The van der Waals surface area contributed by atoms with Gasteiger partial charge in [0.25, 0.3) is 5.91 Å². The van der Waals surface area contributed by atoms with E-state index >= 15 is 0 Å². The third-order valence-electron chi connectivity index (χ3n) is 6.55. The zero-order chi connectivity index (χ0) is 23.4. The van der Waals surface area contributed by atoms with Crippen molar-refractivity contribution in [2.75, 3.05) is 13.7 Å². The maximum Gasteiger partial charge on any atom is 0.253 e. The zero-order valence-corrected chi connectivity index (χ0v) is 21.0. The van der Waals surface area contributed by atoms with Gasteiger partial charge in [-0.1, -0.05) is 33.1 Å². The van der Waals surface area contributed by atoms with Crippen LogP contribution in [0.4, 0.5) is 0 Å². The van der Waals surface area contributed by atoms with Gasteiger partial charge in [0.15, 0.2) is 0 Å². The largest absolute Gasteiger partial charge is 0.497 e. The molecule has 0 aliphatic heterocycles. The molecular weight excluding hydrogens is 430 g/mol. The summed E-state index contributed by atoms with van der Waals surface area (Å²) in [6.07, 6.45) is 6.48. The molecule has 176 valence electrons. The molecule has 1 fully saturated rings. The third kappa shape index (κ3) is 5.49. The van der Waals surface area contributed by atoms with Crippen molar-refractivity contribution in [2.24, 2.45) is 11.8 Å². The number of hydrogen-bond acceptors (Lipinski definition) is 4. The van der Waals surface area contributed by atoms with E-state index in [0.717, 1.165) is 45.5 Å². The Hall–Kier alpha value is -2.60. The number of nitrogens with zero attached hydrogens (tertiary/aromatic N) is 2. The van der Waals surface area contributed by atoms with E-state index in [9.17, 15) is 4.79 Å². The van der Waals surface area contributed by atoms with Crippen molar-refractivity contribution in [1.82, 2.24) is 14.9 Å². The van der Waals surface area contributed by atoms with Crippen LogP contribution in [0.3, 0.4) is 0 Å². The first-order valence-corrected chi connectivity index (χ1v) is 12.9. The second-order valence-electron chi connectivity index (χ2n) is 9.51. The van der Waals surface area contributed by atoms with Crippen LogP contribution in [0.1, 0.15) is 62.0 Å². The summed E-state index contributed by atoms with van der Waals surface area (Å²) in [7, 11) is 1.67. The number of amides is 1. The normalized spacial score (nSPS) is 14.6. The predicted octanol–water partition coefficient (Wildman–Crippen LogP) is 6.56. The maximum absolute atomic E-state index is 13.0. The fourth-order valence-corrected chi connectivity index (χ4v) is 5.42. The van der Waals surface area contributed by atoms with E-state index in [2.05, 4.69) is 36.0 Å². The highest BCUT2D eigenvalue weighted by Gasteiger charge is 2.23. The van der Waals surface area contributed by atoms with Gasteiger partial charge in [0.05, 0.1) is 24.1 Å². The number of carbonyl (C=O) groups is 1. The number of hydrogen-bond donors (Lipinski definition) is 1. The molecule has 2 heterocycles. The Labute approximate surface area is 201 Å². The zero-order valence-electron chi connectivity index (χ0n) is 20.2. The Morgan fingerprint density at radius 3 is 2.61 bits per heavy atom. The molecule has 0 atom stereocenters. The van der Waals surface area contributed by atoms with Gasteiger partial charge in [-0.3, -0.25) is 4.79 Å². The van der Waals surface area contributed by atoms with Crippen LogP contribution < -0.4 is 10.1 Å². The molecule has 0 bridgehead atoms. The summed E-state index contributed by atoms with van der Waals surface area (Å²) in [5.41, 5.74) is 4.86. The van der Waals surface area contributed by atoms with Crippen LogP contribution in [0, 0.1) is 18.8 Å². The molecule has 1 amide bonds. The van der Waals surface area contributed by atoms with Gasteiger partial charge < -0.3 is 14.6 Å². The molecule has 5 nitrogen and oxygen atoms in total. The molecule has 1 aliphatic rings. The van der Waals surface area contributed by atoms with Crippen LogP contribution in [-0.2, 0) is 6.54 Å². The molecule has 0 spiro atoms. The van der Waals surface area contributed by atoms with Gasteiger partial charge in [-0.05, 0) is 61.9 Å². The minimum absolute atomic E-state index is 0.00968. The Balaban J connectivity index is 1.67. The summed E-state index contributed by atoms with van der Waals surface area (Å²) in [5.74, 6) is 1.93. The average molecular weight is 466 g/mol. The van der Waals surface area contributed by atoms with Crippen LogP contribution in [0.25, 0.3) is 22.0 Å². The minimum atomic E-state index is 0.00968. The summed E-state index contributed by atoms with van der Waals surface area (Å²) >= 11 is 1.64. The van der Waals surface area contributed by atoms with Crippen molar-refractivity contribution < 1.29 is 9.53 Å². The van der Waals surface area contributed by atoms with Gasteiger partial charge in [-0.25, -0.2) is 4.98 Å². The predicted molar refractivity (Wildman–Crippen MR) is 136 cm³/mol. The van der Waals surface area contributed by atoms with Crippen LogP contribution in [0.5, 0.6) is 5.75 Å². The first kappa shape index (κ1) is 23.6. The molecule has 3 aromatic rings. The van der Waals surface area contributed by atoms with E-state index in [1.165, 1.54) is 32.1 Å². The van der Waals surface area contributed by atoms with Crippen LogP contribution >= 0.6 is 11.3 Å². The van der Waals surface area contributed by atoms with E-state index in [1.807, 2.05) is 30.3 Å². The fourth-order valence-electron chi connectivity index (χ4n) is 4.60. The van der Waals surface area contributed by atoms with Gasteiger partial charge in [0.2, 0.25) is 0 Å². The summed E-state index contributed by atoms with van der Waals surface area (Å²) < 4.78 is 7.62. The fraction of sp³-hybridized carbons (Fsp3) is 0.481. The number of carbonyl (C=O) groups excluding carboxylic acids is 1. The monoisotopic (exact) mass is 465 g/mol. The van der Waals surface area contributed by atoms with Gasteiger partial charge in [0.1, 0.15) is 10.8 Å². The van der Waals surface area contributed by atoms with Crippen LogP contribution in [0.2, 0.25) is 0 Å². The molecule has 4 rings (SSSR count). The summed E-state index contributed by atoms with van der Waals surface area (Å²) in [4.78, 5) is 18.0. The van der Waals surface area contributed by atoms with E-state index in [0.29, 0.717) is 18.4 Å². The summed E-state index contributed by atoms with van der Waals surface area (Å²) in [5, 5.41) is 6.18. The van der Waals surface area contributed by atoms with E-state index in [4.69, 9.17) is 9.72 Å². The lowest BCUT2D eigenvalue weighted by molar-refractivity contribution is 0.0948. The highest BCUT2D eigenvalue weighted by molar-refractivity contribution is 7.13. The highest BCUT2D eigenvalue weighted by atomic mass is 32.1. The number of ether oxygens (including phenoxy) is 1. The molecule has 0 unspecified atom stereocenters. The van der Waals surface area contributed by atoms with Crippen molar-refractivity contribution in [2.45, 2.75) is 59.4 Å². The van der Waals surface area contributed by atoms with E-state index in [-0.39, 0.29) is 5.91 Å². The lowest BCUT2D eigenvalue weighted by atomic mass is 9.89. The number of aromatic nitrogens is 2. The Morgan fingerprint density at radius 2 is 1.94 bits per heavy atom. The number of thiazole rings is 1. The lowest BCUT2D eigenvalue weighted by Gasteiger charge is -2.24. The molecule has 0 saturated heterocycles. The van der Waals surface area contributed by atoms with Crippen molar-refractivity contribution in [3.63, 3.8) is 0 Å². The first-order valence-electron chi connectivity index (χ1n) is 12.0. The quantitative estimate of drug-likeness (QED) is 0.410. The van der Waals surface area contributed by atoms with Gasteiger partial charge in [-0.15, -0.1) is 11.3 Å². The summed E-state index contributed by atoms with van der Waals surface area (Å²) in [6.45, 7) is 7.94. The van der Waals surface area contributed by atoms with Gasteiger partial charge in [0, 0.05) is 29.7 Å². The van der Waals surface area contributed by atoms with Crippen molar-refractivity contribution >= 4 is 17.2 Å². The molecule has 0 radical (unpaired) electrons. The van der Waals surface area contributed by atoms with Crippen LogP contribution in [-0.4, -0.2) is 29.1 Å². The Bertz CT molecular complexity index is 1080. The van der Waals surface area contributed by atoms with E-state index in [1.54, 1.807) is 18.4 Å². The number of benzene rings is 1. The van der Waals surface area contributed by atoms with Crippen LogP contribution in [0.15, 0.2) is 35.7 Å². The third-order valence-corrected chi connectivity index (χ3v) is 7.44. The number of methoxy groups -OCH3 is 1. The minimum Gasteiger partial charge on any atom is -0.497 e. The topological polar surface area (TPSA) is 56.1 Å². The van der Waals surface area contributed by atoms with Gasteiger partial charge in [-0.2, -0.15) is 0 Å². The molecule has 1 aromatic carbocycles. The lowest BCUT2D eigenvalue weighted by Crippen LogP contribution is -2.27. The molecule has 2 aromatic heterocycles. The first-order chi connectivity index (χ1) is 16.0. The second kappa shape index (κ2) is 10.6. The molecule has 1 aliphatic carbocycles. The molecule has 1 saturated carbocycles. The molecule has 1 N–H and O–H groups in total. The Kier molecular flexibility index (Phi) is 7.53. The number of nitrogens with one attached hydrogen (secondary N) is 1. The Morgan fingerprint density at radius 1 is 1.21 bits per heavy atom. The molecular formula is C27H35N3O2S. The smallest absolute Gasteiger partial charge is 0.253 e. The van der Waals surface area contributed by atoms with Crippen molar-refractivity contribution in [3.8, 4) is 27.7 Å². The number of rotatable bonds is 8. The highest BCUT2D eigenvalue weighted by Crippen LogP contribution is 2.34. The maximum atomic E-state index is 13.0. The summed E-state index contributed by atoms with van der Waals surface area (Å²) in [6, 6.07) is 10.0. The van der Waals surface area contributed by atoms with Gasteiger partial charge >= 0.3 is 0 Å². The van der Waals surface area contributed by atoms with E-state index < -0.39 is 0 Å². The molecule has 6 heteroatoms. The average Bonchev–Trinajstić information content (AvgIpc) is 3.44. The molecule has 33 heavy (non-hydrogen) atoms. The second-order valence-corrected chi connectivity index (χ2v) is 10.4. The van der Waals surface area contributed by atoms with Crippen molar-refractivity contribution in [3.05, 3.63) is 47.0 Å². The standard InChI is InChI=1S/C27H35N3O2S/c1-18(2)15-28-26(31)23-14-25(30(19(23)3)16-20-8-6-5-7-9-20)24-17-33-27(29-24)21-10-12-22(32-4)13-11-21/h10-14,17-18,20H,5-9,15-16H2,1-4H3,(H,28,31).